The third kappa shape index (κ3) is 3.18. The fourth-order valence-corrected chi connectivity index (χ4v) is 3.92. The quantitative estimate of drug-likeness (QED) is 0.828. The van der Waals surface area contributed by atoms with Crippen molar-refractivity contribution in [1.82, 2.24) is 24.4 Å². The Hall–Kier alpha value is -0.990. The van der Waals surface area contributed by atoms with Gasteiger partial charge in [0.25, 0.3) is 0 Å². The van der Waals surface area contributed by atoms with E-state index in [0.29, 0.717) is 0 Å². The maximum absolute atomic E-state index is 11.3. The summed E-state index contributed by atoms with van der Waals surface area (Å²) in [6, 6.07) is 0.0136. The van der Waals surface area contributed by atoms with Crippen LogP contribution in [0.5, 0.6) is 0 Å². The van der Waals surface area contributed by atoms with Crippen LogP contribution in [0.3, 0.4) is 0 Å². The zero-order valence-electron chi connectivity index (χ0n) is 11.7. The van der Waals surface area contributed by atoms with E-state index in [1.807, 2.05) is 0 Å². The second kappa shape index (κ2) is 5.42. The second-order valence-corrected chi connectivity index (χ2v) is 7.53. The molecule has 1 N–H and O–H groups in total. The predicted octanol–water partition coefficient (Wildman–Crippen LogP) is -0.262. The van der Waals surface area contributed by atoms with Crippen LogP contribution in [-0.2, 0) is 29.5 Å². The molecule has 1 unspecified atom stereocenters. The van der Waals surface area contributed by atoms with Crippen molar-refractivity contribution in [3.63, 3.8) is 0 Å². The van der Waals surface area contributed by atoms with Crippen LogP contribution in [0.1, 0.15) is 30.9 Å². The molecule has 0 bridgehead atoms. The van der Waals surface area contributed by atoms with Crippen LogP contribution in [0.15, 0.2) is 0 Å². The van der Waals surface area contributed by atoms with Crippen molar-refractivity contribution in [2.24, 2.45) is 0 Å². The Balaban J connectivity index is 1.62. The summed E-state index contributed by atoms with van der Waals surface area (Å²) >= 11 is 0. The van der Waals surface area contributed by atoms with E-state index in [4.69, 9.17) is 0 Å². The summed E-state index contributed by atoms with van der Waals surface area (Å²) in [6.45, 7) is 3.50. The maximum Gasteiger partial charge on any atom is 0.208 e. The van der Waals surface area contributed by atoms with E-state index in [9.17, 15) is 8.42 Å². The first-order valence-corrected chi connectivity index (χ1v) is 9.01. The van der Waals surface area contributed by atoms with E-state index >= 15 is 0 Å². The summed E-state index contributed by atoms with van der Waals surface area (Å²) < 4.78 is 27.6. The summed E-state index contributed by atoms with van der Waals surface area (Å²) in [5.41, 5.74) is 0. The molecule has 0 radical (unpaired) electrons. The van der Waals surface area contributed by atoms with Gasteiger partial charge >= 0.3 is 0 Å². The number of aryl methyl sites for hydroxylation is 1. The molecule has 0 saturated carbocycles. The van der Waals surface area contributed by atoms with Gasteiger partial charge in [-0.3, -0.25) is 4.90 Å². The second-order valence-electron chi connectivity index (χ2n) is 5.75. The summed E-state index contributed by atoms with van der Waals surface area (Å²) in [7, 11) is -3.13. The number of nitrogens with one attached hydrogen (secondary N) is 1. The monoisotopic (exact) mass is 299 g/mol. The number of likely N-dealkylation sites (tertiary alicyclic amines) is 1. The molecule has 1 aromatic heterocycles. The number of nitrogens with zero attached hydrogens (tertiary/aromatic N) is 4. The van der Waals surface area contributed by atoms with Crippen molar-refractivity contribution in [3.05, 3.63) is 11.6 Å². The number of sulfonamides is 1. The average Bonchev–Trinajstić information content (AvgIpc) is 2.92. The summed E-state index contributed by atoms with van der Waals surface area (Å²) in [4.78, 5) is 2.27. The third-order valence-electron chi connectivity index (χ3n) is 3.94. The minimum atomic E-state index is -3.13. The van der Waals surface area contributed by atoms with Crippen LogP contribution in [0.25, 0.3) is 0 Å². The Kier molecular flexibility index (Phi) is 3.78. The van der Waals surface area contributed by atoms with Crippen LogP contribution >= 0.6 is 0 Å². The van der Waals surface area contributed by atoms with E-state index in [2.05, 4.69) is 24.4 Å². The summed E-state index contributed by atoms with van der Waals surface area (Å²) in [6.07, 6.45) is 5.30. The van der Waals surface area contributed by atoms with Gasteiger partial charge in [-0.2, -0.15) is 0 Å². The first-order chi connectivity index (χ1) is 9.51. The number of hydrogen-bond acceptors (Lipinski definition) is 5. The molecular weight excluding hydrogens is 278 g/mol. The van der Waals surface area contributed by atoms with Crippen LogP contribution in [0, 0.1) is 0 Å². The van der Waals surface area contributed by atoms with E-state index in [1.165, 1.54) is 6.26 Å². The van der Waals surface area contributed by atoms with Gasteiger partial charge in [0.05, 0.1) is 12.8 Å². The molecule has 0 amide bonds. The average molecular weight is 299 g/mol. The molecular formula is C12H21N5O2S. The third-order valence-corrected chi connectivity index (χ3v) is 4.70. The lowest BCUT2D eigenvalue weighted by Crippen LogP contribution is -2.47. The Bertz CT molecular complexity index is 583. The lowest BCUT2D eigenvalue weighted by Gasteiger charge is -2.32. The molecule has 20 heavy (non-hydrogen) atoms. The van der Waals surface area contributed by atoms with Gasteiger partial charge in [-0.1, -0.05) is 0 Å². The Morgan fingerprint density at radius 2 is 2.15 bits per heavy atom. The van der Waals surface area contributed by atoms with Crippen molar-refractivity contribution < 1.29 is 8.42 Å². The Morgan fingerprint density at radius 3 is 2.95 bits per heavy atom. The van der Waals surface area contributed by atoms with Crippen molar-refractivity contribution in [3.8, 4) is 0 Å². The fraction of sp³-hybridized carbons (Fsp3) is 0.833. The van der Waals surface area contributed by atoms with Crippen molar-refractivity contribution >= 4 is 10.0 Å². The van der Waals surface area contributed by atoms with Gasteiger partial charge in [-0.25, -0.2) is 13.1 Å². The topological polar surface area (TPSA) is 80.1 Å². The normalized spacial score (nSPS) is 23.9. The molecule has 1 atom stereocenters. The van der Waals surface area contributed by atoms with Gasteiger partial charge in [0.15, 0.2) is 0 Å². The van der Waals surface area contributed by atoms with Crippen LogP contribution < -0.4 is 4.72 Å². The highest BCUT2D eigenvalue weighted by atomic mass is 32.2. The first-order valence-electron chi connectivity index (χ1n) is 7.12. The predicted molar refractivity (Wildman–Crippen MR) is 74.6 cm³/mol. The van der Waals surface area contributed by atoms with Crippen LogP contribution in [-0.4, -0.2) is 53.5 Å². The molecule has 3 heterocycles. The SMILES string of the molecule is CS(=O)(=O)NC1CCCN(Cc2nnc3n2CCC3)C1. The minimum absolute atomic E-state index is 0.0136. The molecule has 2 aliphatic heterocycles. The number of piperidine rings is 1. The van der Waals surface area contributed by atoms with Gasteiger partial charge in [0.2, 0.25) is 10.0 Å². The van der Waals surface area contributed by atoms with Gasteiger partial charge in [0.1, 0.15) is 11.6 Å². The van der Waals surface area contributed by atoms with Gasteiger partial charge in [0, 0.05) is 25.6 Å². The largest absolute Gasteiger partial charge is 0.314 e. The molecule has 7 nitrogen and oxygen atoms in total. The van der Waals surface area contributed by atoms with E-state index in [1.54, 1.807) is 0 Å². The zero-order valence-corrected chi connectivity index (χ0v) is 12.6. The highest BCUT2D eigenvalue weighted by Crippen LogP contribution is 2.18. The molecule has 0 aliphatic carbocycles. The minimum Gasteiger partial charge on any atom is -0.314 e. The van der Waals surface area contributed by atoms with Crippen molar-refractivity contribution in [2.45, 2.75) is 44.8 Å². The van der Waals surface area contributed by atoms with E-state index < -0.39 is 10.0 Å². The van der Waals surface area contributed by atoms with Gasteiger partial charge in [-0.05, 0) is 25.8 Å². The van der Waals surface area contributed by atoms with E-state index in [-0.39, 0.29) is 6.04 Å². The lowest BCUT2D eigenvalue weighted by molar-refractivity contribution is 0.188. The summed E-state index contributed by atoms with van der Waals surface area (Å²) in [5, 5.41) is 8.48. The standard InChI is InChI=1S/C12H21N5O2S/c1-20(18,19)15-10-4-2-6-16(8-10)9-12-14-13-11-5-3-7-17(11)12/h10,15H,2-9H2,1H3. The molecule has 3 rings (SSSR count). The molecule has 2 aliphatic rings. The van der Waals surface area contributed by atoms with Gasteiger partial charge < -0.3 is 4.57 Å². The molecule has 1 fully saturated rings. The molecule has 112 valence electrons. The van der Waals surface area contributed by atoms with Crippen molar-refractivity contribution in [2.75, 3.05) is 19.3 Å². The Labute approximate surface area is 119 Å². The molecule has 0 spiro atoms. The number of hydrogen-bond donors (Lipinski definition) is 1. The molecule has 1 aromatic rings. The van der Waals surface area contributed by atoms with Crippen LogP contribution in [0.4, 0.5) is 0 Å². The number of fused-ring (bicyclic) bond motifs is 1. The summed E-state index contributed by atoms with van der Waals surface area (Å²) in [5.74, 6) is 2.10. The number of aromatic nitrogens is 3. The smallest absolute Gasteiger partial charge is 0.208 e. The fourth-order valence-electron chi connectivity index (χ4n) is 3.13. The lowest BCUT2D eigenvalue weighted by atomic mass is 10.1. The maximum atomic E-state index is 11.3. The van der Waals surface area contributed by atoms with Crippen LogP contribution in [0.2, 0.25) is 0 Å². The van der Waals surface area contributed by atoms with Gasteiger partial charge in [-0.15, -0.1) is 10.2 Å². The molecule has 8 heteroatoms. The Morgan fingerprint density at radius 1 is 1.30 bits per heavy atom. The molecule has 1 saturated heterocycles. The highest BCUT2D eigenvalue weighted by molar-refractivity contribution is 7.88. The molecule has 0 aromatic carbocycles. The van der Waals surface area contributed by atoms with E-state index in [0.717, 1.165) is 63.5 Å². The van der Waals surface area contributed by atoms with Crippen molar-refractivity contribution in [1.29, 1.82) is 0 Å². The highest BCUT2D eigenvalue weighted by Gasteiger charge is 2.25. The number of rotatable bonds is 4. The zero-order chi connectivity index (χ0) is 14.2. The first kappa shape index (κ1) is 14.0.